The maximum Gasteiger partial charge on any atom is 0.228 e. The van der Waals surface area contributed by atoms with Crippen LogP contribution in [-0.4, -0.2) is 43.6 Å². The zero-order chi connectivity index (χ0) is 23.0. The molecule has 0 N–H and O–H groups in total. The predicted octanol–water partition coefficient (Wildman–Crippen LogP) is 4.28. The molecule has 2 aromatic rings. The highest BCUT2D eigenvalue weighted by Gasteiger charge is 2.33. The molecule has 0 saturated carbocycles. The van der Waals surface area contributed by atoms with Crippen LogP contribution in [0.3, 0.4) is 0 Å². The first-order valence-corrected chi connectivity index (χ1v) is 12.2. The molecule has 32 heavy (non-hydrogen) atoms. The van der Waals surface area contributed by atoms with Crippen molar-refractivity contribution in [2.24, 2.45) is 5.92 Å². The van der Waals surface area contributed by atoms with Crippen molar-refractivity contribution in [2.45, 2.75) is 92.8 Å². The monoisotopic (exact) mass is 438 g/mol. The van der Waals surface area contributed by atoms with Gasteiger partial charge in [0.25, 0.3) is 0 Å². The summed E-state index contributed by atoms with van der Waals surface area (Å²) >= 11 is 0. The summed E-state index contributed by atoms with van der Waals surface area (Å²) in [5.74, 6) is 2.49. The Morgan fingerprint density at radius 3 is 2.56 bits per heavy atom. The van der Waals surface area contributed by atoms with Gasteiger partial charge in [-0.05, 0) is 65.8 Å². The summed E-state index contributed by atoms with van der Waals surface area (Å²) < 4.78 is 2.09. The zero-order valence-electron chi connectivity index (χ0n) is 20.6. The number of hydrogen-bond donors (Lipinski definition) is 0. The van der Waals surface area contributed by atoms with E-state index in [2.05, 4.69) is 51.1 Å². The second-order valence-electron chi connectivity index (χ2n) is 9.79. The van der Waals surface area contributed by atoms with E-state index < -0.39 is 0 Å². The van der Waals surface area contributed by atoms with Crippen LogP contribution >= 0.6 is 0 Å². The van der Waals surface area contributed by atoms with Gasteiger partial charge in [0, 0.05) is 48.6 Å². The number of likely N-dealkylation sites (tertiary alicyclic amines) is 1. The lowest BCUT2D eigenvalue weighted by Gasteiger charge is -2.31. The van der Waals surface area contributed by atoms with Gasteiger partial charge >= 0.3 is 0 Å². The van der Waals surface area contributed by atoms with Gasteiger partial charge in [0.1, 0.15) is 11.6 Å². The fraction of sp³-hybridized carbons (Fsp3) is 0.680. The maximum absolute atomic E-state index is 12.8. The first-order valence-electron chi connectivity index (χ1n) is 12.2. The number of fused-ring (bicyclic) bond motifs is 1. The molecule has 0 bridgehead atoms. The van der Waals surface area contributed by atoms with E-state index in [-0.39, 0.29) is 11.9 Å². The lowest BCUT2D eigenvalue weighted by molar-refractivity contribution is -0.119. The molecule has 4 rings (SSSR count). The molecule has 2 aromatic heterocycles. The number of amides is 1. The lowest BCUT2D eigenvalue weighted by Crippen LogP contribution is -2.38. The molecule has 0 spiro atoms. The predicted molar refractivity (Wildman–Crippen MR) is 127 cm³/mol. The average molecular weight is 439 g/mol. The Balaban J connectivity index is 1.64. The molecular weight excluding hydrogens is 400 g/mol. The van der Waals surface area contributed by atoms with Crippen LogP contribution in [0, 0.1) is 26.7 Å². The smallest absolute Gasteiger partial charge is 0.228 e. The molecule has 174 valence electrons. The molecule has 0 unspecified atom stereocenters. The van der Waals surface area contributed by atoms with Crippen LogP contribution in [0.1, 0.15) is 86.5 Å². The molecule has 7 heteroatoms. The molecule has 1 fully saturated rings. The minimum atomic E-state index is 0.187. The standard InChI is InChI=1S/C25H38N6O/c1-7-31-19(6)21(18(5)28-31)15-29-13-8-9-22(29)24-26-17(4)20-10-11-23(32)30(25(20)27-24)14-12-16(2)3/h16,22H,7-15H2,1-6H3/t22-/m1/s1. The summed E-state index contributed by atoms with van der Waals surface area (Å²) in [6.07, 6.45) is 4.49. The van der Waals surface area contributed by atoms with Gasteiger partial charge in [0.15, 0.2) is 0 Å². The van der Waals surface area contributed by atoms with E-state index >= 15 is 0 Å². The summed E-state index contributed by atoms with van der Waals surface area (Å²) in [6, 6.07) is 0.187. The quantitative estimate of drug-likeness (QED) is 0.645. The van der Waals surface area contributed by atoms with Crippen LogP contribution in [0.4, 0.5) is 5.82 Å². The molecule has 1 amide bonds. The molecule has 0 aromatic carbocycles. The van der Waals surface area contributed by atoms with Crippen molar-refractivity contribution in [3.05, 3.63) is 34.0 Å². The Labute approximate surface area is 192 Å². The van der Waals surface area contributed by atoms with E-state index in [0.717, 1.165) is 80.5 Å². The number of rotatable bonds is 7. The number of anilines is 1. The molecular formula is C25H38N6O. The third kappa shape index (κ3) is 4.32. The topological polar surface area (TPSA) is 67.2 Å². The molecule has 1 atom stereocenters. The minimum Gasteiger partial charge on any atom is -0.296 e. The number of carbonyl (C=O) groups is 1. The molecule has 0 radical (unpaired) electrons. The lowest BCUT2D eigenvalue weighted by atomic mass is 10.0. The number of hydrogen-bond acceptors (Lipinski definition) is 5. The molecule has 1 saturated heterocycles. The zero-order valence-corrected chi connectivity index (χ0v) is 20.6. The number of aromatic nitrogens is 4. The second-order valence-corrected chi connectivity index (χ2v) is 9.79. The highest BCUT2D eigenvalue weighted by molar-refractivity contribution is 5.95. The van der Waals surface area contributed by atoms with Crippen LogP contribution in [0.25, 0.3) is 0 Å². The Bertz CT molecular complexity index is 995. The second kappa shape index (κ2) is 9.30. The van der Waals surface area contributed by atoms with E-state index in [4.69, 9.17) is 15.1 Å². The van der Waals surface area contributed by atoms with Gasteiger partial charge in [-0.2, -0.15) is 5.10 Å². The van der Waals surface area contributed by atoms with Crippen LogP contribution in [-0.2, 0) is 24.3 Å². The van der Waals surface area contributed by atoms with Crippen LogP contribution in [0.15, 0.2) is 0 Å². The van der Waals surface area contributed by atoms with Gasteiger partial charge in [-0.25, -0.2) is 9.97 Å². The number of nitrogens with zero attached hydrogens (tertiary/aromatic N) is 6. The van der Waals surface area contributed by atoms with Crippen molar-refractivity contribution in [1.82, 2.24) is 24.6 Å². The van der Waals surface area contributed by atoms with Crippen molar-refractivity contribution in [2.75, 3.05) is 18.0 Å². The summed E-state index contributed by atoms with van der Waals surface area (Å²) in [7, 11) is 0. The Morgan fingerprint density at radius 1 is 1.09 bits per heavy atom. The Kier molecular flexibility index (Phi) is 6.65. The van der Waals surface area contributed by atoms with E-state index in [1.807, 2.05) is 4.90 Å². The van der Waals surface area contributed by atoms with Gasteiger partial charge in [0.05, 0.1) is 11.7 Å². The SMILES string of the molecule is CCn1nc(C)c(CN2CCC[C@@H]2c2nc(C)c3c(n2)N(CCC(C)C)C(=O)CC3)c1C. The highest BCUT2D eigenvalue weighted by atomic mass is 16.2. The van der Waals surface area contributed by atoms with Gasteiger partial charge in [-0.3, -0.25) is 19.3 Å². The minimum absolute atomic E-state index is 0.187. The largest absolute Gasteiger partial charge is 0.296 e. The van der Waals surface area contributed by atoms with Gasteiger partial charge in [-0.1, -0.05) is 13.8 Å². The van der Waals surface area contributed by atoms with E-state index in [1.165, 1.54) is 11.3 Å². The van der Waals surface area contributed by atoms with Gasteiger partial charge in [-0.15, -0.1) is 0 Å². The van der Waals surface area contributed by atoms with Crippen molar-refractivity contribution in [1.29, 1.82) is 0 Å². The maximum atomic E-state index is 12.8. The normalized spacial score (nSPS) is 19.3. The van der Waals surface area contributed by atoms with E-state index in [1.54, 1.807) is 0 Å². The van der Waals surface area contributed by atoms with Crippen molar-refractivity contribution in [3.8, 4) is 0 Å². The highest BCUT2D eigenvalue weighted by Crippen LogP contribution is 2.36. The van der Waals surface area contributed by atoms with Crippen molar-refractivity contribution in [3.63, 3.8) is 0 Å². The summed E-state index contributed by atoms with van der Waals surface area (Å²) in [5, 5.41) is 4.71. The molecule has 0 aliphatic carbocycles. The first-order chi connectivity index (χ1) is 15.3. The molecule has 2 aliphatic heterocycles. The summed E-state index contributed by atoms with van der Waals surface area (Å²) in [4.78, 5) is 27.2. The third-order valence-corrected chi connectivity index (χ3v) is 7.14. The Hall–Kier alpha value is -2.28. The number of carbonyl (C=O) groups excluding carboxylic acids is 1. The number of aryl methyl sites for hydroxylation is 3. The van der Waals surface area contributed by atoms with Gasteiger partial charge < -0.3 is 0 Å². The van der Waals surface area contributed by atoms with E-state index in [0.29, 0.717) is 12.3 Å². The summed E-state index contributed by atoms with van der Waals surface area (Å²) in [6.45, 7) is 16.4. The molecule has 2 aliphatic rings. The van der Waals surface area contributed by atoms with Crippen LogP contribution < -0.4 is 4.90 Å². The third-order valence-electron chi connectivity index (χ3n) is 7.14. The Morgan fingerprint density at radius 2 is 1.88 bits per heavy atom. The van der Waals surface area contributed by atoms with Gasteiger partial charge in [0.2, 0.25) is 5.91 Å². The molecule has 4 heterocycles. The first kappa shape index (κ1) is 22.9. The average Bonchev–Trinajstić information content (AvgIpc) is 3.32. The molecule has 7 nitrogen and oxygen atoms in total. The van der Waals surface area contributed by atoms with Crippen molar-refractivity contribution < 1.29 is 4.79 Å². The van der Waals surface area contributed by atoms with Crippen LogP contribution in [0.2, 0.25) is 0 Å². The van der Waals surface area contributed by atoms with Crippen molar-refractivity contribution >= 4 is 11.7 Å². The van der Waals surface area contributed by atoms with Crippen LogP contribution in [0.5, 0.6) is 0 Å². The fourth-order valence-corrected chi connectivity index (χ4v) is 5.15. The fourth-order valence-electron chi connectivity index (χ4n) is 5.15. The van der Waals surface area contributed by atoms with E-state index in [9.17, 15) is 4.79 Å². The summed E-state index contributed by atoms with van der Waals surface area (Å²) in [5.41, 5.74) is 5.87.